The highest BCUT2D eigenvalue weighted by atomic mass is 35.5. The average molecular weight is 408 g/mol. The molecular weight excluding hydrogens is 386 g/mol. The van der Waals surface area contributed by atoms with Gasteiger partial charge in [-0.05, 0) is 32.2 Å². The van der Waals surface area contributed by atoms with Gasteiger partial charge in [-0.1, -0.05) is 11.2 Å². The zero-order chi connectivity index (χ0) is 17.9. The van der Waals surface area contributed by atoms with E-state index in [4.69, 9.17) is 9.26 Å². The normalized spacial score (nSPS) is 17.5. The maximum Gasteiger partial charge on any atom is 0.258 e. The number of thiazole rings is 1. The Labute approximate surface area is 168 Å². The van der Waals surface area contributed by atoms with Gasteiger partial charge in [-0.25, -0.2) is 4.98 Å². The van der Waals surface area contributed by atoms with Gasteiger partial charge in [0.15, 0.2) is 5.82 Å². The molecule has 0 radical (unpaired) electrons. The first kappa shape index (κ1) is 19.8. The average Bonchev–Trinajstić information content (AvgIpc) is 3.30. The largest absolute Gasteiger partial charge is 0.487 e. The van der Waals surface area contributed by atoms with Gasteiger partial charge in [-0.3, -0.25) is 4.90 Å². The Kier molecular flexibility index (Phi) is 6.43. The van der Waals surface area contributed by atoms with Crippen molar-refractivity contribution in [3.63, 3.8) is 0 Å². The van der Waals surface area contributed by atoms with Crippen molar-refractivity contribution in [3.05, 3.63) is 46.2 Å². The van der Waals surface area contributed by atoms with Crippen molar-refractivity contribution in [2.24, 2.45) is 0 Å². The predicted octanol–water partition coefficient (Wildman–Crippen LogP) is 3.08. The molecule has 1 saturated heterocycles. The molecule has 3 heterocycles. The molecule has 144 valence electrons. The lowest BCUT2D eigenvalue weighted by atomic mass is 10.2. The summed E-state index contributed by atoms with van der Waals surface area (Å²) in [4.78, 5) is 11.2. The lowest BCUT2D eigenvalue weighted by Crippen LogP contribution is -2.44. The summed E-state index contributed by atoms with van der Waals surface area (Å²) in [5, 5.41) is 10.6. The highest BCUT2D eigenvalue weighted by Gasteiger charge is 2.25. The van der Waals surface area contributed by atoms with Gasteiger partial charge in [-0.15, -0.1) is 23.7 Å². The molecule has 1 aromatic carbocycles. The fraction of sp³-hybridized carbons (Fsp3) is 0.389. The van der Waals surface area contributed by atoms with Gasteiger partial charge in [0.25, 0.3) is 5.89 Å². The van der Waals surface area contributed by atoms with Crippen LogP contribution >= 0.6 is 23.7 Å². The number of likely N-dealkylation sites (N-methyl/N-ethyl adjacent to an activating group) is 1. The standard InChI is InChI=1S/C18H21N5O2S.ClH/c1-12-20-14(11-26-12)10-24-15-5-3-4-13(8-15)18-21-17(22-25-18)16-9-19-6-7-23(16)2;/h3-5,8,11,16,19H,6-7,9-10H2,1-2H3;1H. The summed E-state index contributed by atoms with van der Waals surface area (Å²) >= 11 is 1.62. The van der Waals surface area contributed by atoms with Gasteiger partial charge in [0, 0.05) is 30.6 Å². The number of rotatable bonds is 5. The molecule has 0 amide bonds. The summed E-state index contributed by atoms with van der Waals surface area (Å²) in [6.07, 6.45) is 0. The molecule has 1 aliphatic heterocycles. The van der Waals surface area contributed by atoms with Gasteiger partial charge in [0.2, 0.25) is 0 Å². The molecule has 4 rings (SSSR count). The van der Waals surface area contributed by atoms with Crippen LogP contribution in [0.1, 0.15) is 22.6 Å². The Morgan fingerprint density at radius 3 is 3.04 bits per heavy atom. The maximum absolute atomic E-state index is 5.84. The third-order valence-electron chi connectivity index (χ3n) is 4.39. The van der Waals surface area contributed by atoms with Crippen molar-refractivity contribution >= 4 is 23.7 Å². The maximum atomic E-state index is 5.84. The predicted molar refractivity (Wildman–Crippen MR) is 106 cm³/mol. The zero-order valence-corrected chi connectivity index (χ0v) is 16.8. The van der Waals surface area contributed by atoms with Crippen molar-refractivity contribution in [1.29, 1.82) is 0 Å². The summed E-state index contributed by atoms with van der Waals surface area (Å²) < 4.78 is 11.3. The molecule has 0 spiro atoms. The molecule has 1 aliphatic rings. The lowest BCUT2D eigenvalue weighted by Gasteiger charge is -2.30. The zero-order valence-electron chi connectivity index (χ0n) is 15.2. The van der Waals surface area contributed by atoms with Crippen LogP contribution in [0.25, 0.3) is 11.5 Å². The van der Waals surface area contributed by atoms with Gasteiger partial charge < -0.3 is 14.6 Å². The van der Waals surface area contributed by atoms with Gasteiger partial charge in [0.05, 0.1) is 16.7 Å². The van der Waals surface area contributed by atoms with E-state index in [2.05, 4.69) is 32.4 Å². The summed E-state index contributed by atoms with van der Waals surface area (Å²) in [7, 11) is 2.08. The Hall–Kier alpha value is -2.00. The van der Waals surface area contributed by atoms with E-state index in [9.17, 15) is 0 Å². The number of benzene rings is 1. The Bertz CT molecular complexity index is 884. The molecule has 1 fully saturated rings. The fourth-order valence-corrected chi connectivity index (χ4v) is 3.53. The van der Waals surface area contributed by atoms with Crippen LogP contribution < -0.4 is 10.1 Å². The number of hydrogen-bond acceptors (Lipinski definition) is 8. The molecular formula is C18H22ClN5O2S. The molecule has 9 heteroatoms. The fourth-order valence-electron chi connectivity index (χ4n) is 2.93. The third-order valence-corrected chi connectivity index (χ3v) is 5.21. The quantitative estimate of drug-likeness (QED) is 0.696. The summed E-state index contributed by atoms with van der Waals surface area (Å²) in [6, 6.07) is 7.83. The number of aromatic nitrogens is 3. The lowest BCUT2D eigenvalue weighted by molar-refractivity contribution is 0.190. The Morgan fingerprint density at radius 2 is 2.26 bits per heavy atom. The second-order valence-electron chi connectivity index (χ2n) is 6.33. The molecule has 27 heavy (non-hydrogen) atoms. The van der Waals surface area contributed by atoms with Crippen molar-refractivity contribution < 1.29 is 9.26 Å². The third kappa shape index (κ3) is 4.65. The molecule has 0 bridgehead atoms. The highest BCUT2D eigenvalue weighted by Crippen LogP contribution is 2.26. The van der Waals surface area contributed by atoms with Crippen molar-refractivity contribution in [2.75, 3.05) is 26.7 Å². The Balaban J connectivity index is 0.00000210. The molecule has 0 saturated carbocycles. The number of piperazine rings is 1. The number of ether oxygens (including phenoxy) is 1. The second kappa shape index (κ2) is 8.79. The molecule has 1 atom stereocenters. The summed E-state index contributed by atoms with van der Waals surface area (Å²) in [5.41, 5.74) is 1.79. The van der Waals surface area contributed by atoms with Crippen LogP contribution in [0.15, 0.2) is 34.2 Å². The smallest absolute Gasteiger partial charge is 0.258 e. The van der Waals surface area contributed by atoms with Gasteiger partial charge in [-0.2, -0.15) is 4.98 Å². The minimum atomic E-state index is 0. The highest BCUT2D eigenvalue weighted by molar-refractivity contribution is 7.09. The Morgan fingerprint density at radius 1 is 1.37 bits per heavy atom. The minimum Gasteiger partial charge on any atom is -0.487 e. The number of aryl methyl sites for hydroxylation is 1. The number of nitrogens with zero attached hydrogens (tertiary/aromatic N) is 4. The van der Waals surface area contributed by atoms with E-state index in [1.807, 2.05) is 36.6 Å². The minimum absolute atomic E-state index is 0. The molecule has 1 unspecified atom stereocenters. The van der Waals surface area contributed by atoms with Gasteiger partial charge >= 0.3 is 0 Å². The SMILES string of the molecule is Cc1nc(COc2cccc(-c3nc(C4CNCCN4C)no3)c2)cs1.Cl. The number of halogens is 1. The van der Waals surface area contributed by atoms with Crippen LogP contribution in [0.3, 0.4) is 0 Å². The van der Waals surface area contributed by atoms with E-state index >= 15 is 0 Å². The monoisotopic (exact) mass is 407 g/mol. The number of nitrogens with one attached hydrogen (secondary N) is 1. The first-order valence-corrected chi connectivity index (χ1v) is 9.46. The topological polar surface area (TPSA) is 76.3 Å². The van der Waals surface area contributed by atoms with Crippen molar-refractivity contribution in [2.45, 2.75) is 19.6 Å². The van der Waals surface area contributed by atoms with Crippen molar-refractivity contribution in [1.82, 2.24) is 25.3 Å². The second-order valence-corrected chi connectivity index (χ2v) is 7.39. The summed E-state index contributed by atoms with van der Waals surface area (Å²) in [5.74, 6) is 1.97. The van der Waals surface area contributed by atoms with Crippen LogP contribution in [0.2, 0.25) is 0 Å². The van der Waals surface area contributed by atoms with Crippen molar-refractivity contribution in [3.8, 4) is 17.2 Å². The molecule has 2 aromatic heterocycles. The van der Waals surface area contributed by atoms with Crippen LogP contribution in [-0.4, -0.2) is 46.7 Å². The van der Waals surface area contributed by atoms with E-state index in [1.54, 1.807) is 11.3 Å². The first-order valence-electron chi connectivity index (χ1n) is 8.58. The summed E-state index contributed by atoms with van der Waals surface area (Å²) in [6.45, 7) is 5.21. The van der Waals surface area contributed by atoms with E-state index in [0.29, 0.717) is 18.3 Å². The van der Waals surface area contributed by atoms with E-state index in [-0.39, 0.29) is 18.4 Å². The first-order chi connectivity index (χ1) is 12.7. The van der Waals surface area contributed by atoms with Gasteiger partial charge in [0.1, 0.15) is 12.4 Å². The molecule has 1 N–H and O–H groups in total. The number of hydrogen-bond donors (Lipinski definition) is 1. The molecule has 3 aromatic rings. The van der Waals surface area contributed by atoms with Crippen LogP contribution in [0.4, 0.5) is 0 Å². The van der Waals surface area contributed by atoms with E-state index < -0.39 is 0 Å². The van der Waals surface area contributed by atoms with Crippen LogP contribution in [-0.2, 0) is 6.61 Å². The molecule has 7 nitrogen and oxygen atoms in total. The van der Waals surface area contributed by atoms with Crippen LogP contribution in [0, 0.1) is 6.92 Å². The van der Waals surface area contributed by atoms with Crippen LogP contribution in [0.5, 0.6) is 5.75 Å². The van der Waals surface area contributed by atoms with E-state index in [0.717, 1.165) is 41.6 Å². The van der Waals surface area contributed by atoms with E-state index in [1.165, 1.54) is 0 Å². The molecule has 0 aliphatic carbocycles.